The minimum Gasteiger partial charge on any atom is -0.484 e. The average Bonchev–Trinajstić information content (AvgIpc) is 2.47. The Balaban J connectivity index is 1.91. The number of aryl methyl sites for hydroxylation is 1. The first kappa shape index (κ1) is 14.0. The summed E-state index contributed by atoms with van der Waals surface area (Å²) in [5.41, 5.74) is 1.69. The highest BCUT2D eigenvalue weighted by molar-refractivity contribution is 5.91. The van der Waals surface area contributed by atoms with Crippen molar-refractivity contribution in [3.05, 3.63) is 53.7 Å². The van der Waals surface area contributed by atoms with Crippen molar-refractivity contribution in [2.45, 2.75) is 13.5 Å². The van der Waals surface area contributed by atoms with Gasteiger partial charge in [-0.25, -0.2) is 4.98 Å². The summed E-state index contributed by atoms with van der Waals surface area (Å²) in [6.07, 6.45) is 1.55. The highest BCUT2D eigenvalue weighted by atomic mass is 16.5. The zero-order valence-electron chi connectivity index (χ0n) is 11.2. The Hall–Kier alpha value is -2.40. The molecule has 1 aromatic heterocycles. The van der Waals surface area contributed by atoms with Crippen LogP contribution in [0.4, 0.5) is 5.82 Å². The summed E-state index contributed by atoms with van der Waals surface area (Å²) in [6, 6.07) is 10.8. The maximum absolute atomic E-state index is 11.8. The molecule has 5 heteroatoms. The van der Waals surface area contributed by atoms with Crippen LogP contribution in [0.15, 0.2) is 42.6 Å². The number of ether oxygens (including phenoxy) is 1. The lowest BCUT2D eigenvalue weighted by Gasteiger charge is -2.09. The Labute approximate surface area is 117 Å². The Kier molecular flexibility index (Phi) is 4.68. The largest absolute Gasteiger partial charge is 0.484 e. The maximum atomic E-state index is 11.8. The number of amides is 1. The lowest BCUT2D eigenvalue weighted by molar-refractivity contribution is -0.118. The summed E-state index contributed by atoms with van der Waals surface area (Å²) in [4.78, 5) is 15.8. The summed E-state index contributed by atoms with van der Waals surface area (Å²) in [5, 5.41) is 11.8. The Bertz CT molecular complexity index is 582. The summed E-state index contributed by atoms with van der Waals surface area (Å²) in [6.45, 7) is 1.70. The van der Waals surface area contributed by atoms with E-state index < -0.39 is 0 Å². The van der Waals surface area contributed by atoms with E-state index in [1.807, 2.05) is 31.2 Å². The lowest BCUT2D eigenvalue weighted by atomic mass is 10.2. The van der Waals surface area contributed by atoms with E-state index in [2.05, 4.69) is 10.3 Å². The third kappa shape index (κ3) is 3.80. The molecule has 0 aliphatic carbocycles. The second kappa shape index (κ2) is 6.68. The highest BCUT2D eigenvalue weighted by Crippen LogP contribution is 2.13. The van der Waals surface area contributed by atoms with E-state index in [0.29, 0.717) is 17.1 Å². The zero-order chi connectivity index (χ0) is 14.4. The van der Waals surface area contributed by atoms with E-state index in [-0.39, 0.29) is 19.1 Å². The number of rotatable bonds is 5. The van der Waals surface area contributed by atoms with E-state index in [4.69, 9.17) is 9.84 Å². The van der Waals surface area contributed by atoms with Crippen LogP contribution in [-0.4, -0.2) is 22.6 Å². The second-order valence-corrected chi connectivity index (χ2v) is 4.32. The molecular formula is C15H16N2O3. The second-order valence-electron chi connectivity index (χ2n) is 4.32. The topological polar surface area (TPSA) is 71.5 Å². The van der Waals surface area contributed by atoms with Gasteiger partial charge in [-0.1, -0.05) is 23.8 Å². The summed E-state index contributed by atoms with van der Waals surface area (Å²) < 4.78 is 5.37. The number of hydrogen-bond donors (Lipinski definition) is 2. The Morgan fingerprint density at radius 2 is 2.05 bits per heavy atom. The smallest absolute Gasteiger partial charge is 0.263 e. The molecule has 1 aromatic carbocycles. The van der Waals surface area contributed by atoms with Crippen LogP contribution >= 0.6 is 0 Å². The molecule has 0 fully saturated rings. The molecule has 0 saturated carbocycles. The SMILES string of the molecule is Cc1ccc(OCC(=O)Nc2ncccc2CO)cc1. The fourth-order valence-electron chi connectivity index (χ4n) is 1.63. The standard InChI is InChI=1S/C15H16N2O3/c1-11-4-6-13(7-5-11)20-10-14(19)17-15-12(9-18)3-2-8-16-15/h2-8,18H,9-10H2,1H3,(H,16,17,19). The first-order valence-electron chi connectivity index (χ1n) is 6.23. The van der Waals surface area contributed by atoms with Gasteiger partial charge < -0.3 is 15.2 Å². The maximum Gasteiger partial charge on any atom is 0.263 e. The zero-order valence-corrected chi connectivity index (χ0v) is 11.2. The van der Waals surface area contributed by atoms with Crippen molar-refractivity contribution < 1.29 is 14.6 Å². The molecule has 5 nitrogen and oxygen atoms in total. The average molecular weight is 272 g/mol. The number of carbonyl (C=O) groups excluding carboxylic acids is 1. The fraction of sp³-hybridized carbons (Fsp3) is 0.200. The van der Waals surface area contributed by atoms with E-state index in [1.165, 1.54) is 0 Å². The van der Waals surface area contributed by atoms with Gasteiger partial charge in [-0.2, -0.15) is 0 Å². The van der Waals surface area contributed by atoms with Gasteiger partial charge in [-0.3, -0.25) is 4.79 Å². The van der Waals surface area contributed by atoms with E-state index in [0.717, 1.165) is 5.56 Å². The van der Waals surface area contributed by atoms with Gasteiger partial charge in [0.25, 0.3) is 5.91 Å². The summed E-state index contributed by atoms with van der Waals surface area (Å²) >= 11 is 0. The quantitative estimate of drug-likeness (QED) is 0.872. The first-order chi connectivity index (χ1) is 9.69. The van der Waals surface area contributed by atoms with Crippen molar-refractivity contribution in [1.82, 2.24) is 4.98 Å². The first-order valence-corrected chi connectivity index (χ1v) is 6.23. The molecule has 2 N–H and O–H groups in total. The third-order valence-electron chi connectivity index (χ3n) is 2.71. The fourth-order valence-corrected chi connectivity index (χ4v) is 1.63. The lowest BCUT2D eigenvalue weighted by Crippen LogP contribution is -2.21. The van der Waals surface area contributed by atoms with Gasteiger partial charge in [0.05, 0.1) is 6.61 Å². The number of hydrogen-bond acceptors (Lipinski definition) is 4. The van der Waals surface area contributed by atoms with Crippen LogP contribution in [0.5, 0.6) is 5.75 Å². The number of nitrogens with zero attached hydrogens (tertiary/aromatic N) is 1. The Morgan fingerprint density at radius 3 is 2.75 bits per heavy atom. The van der Waals surface area contributed by atoms with Crippen molar-refractivity contribution in [3.8, 4) is 5.75 Å². The molecule has 0 spiro atoms. The Morgan fingerprint density at radius 1 is 1.30 bits per heavy atom. The number of anilines is 1. The number of aliphatic hydroxyl groups excluding tert-OH is 1. The number of pyridine rings is 1. The van der Waals surface area contributed by atoms with Gasteiger partial charge in [0.2, 0.25) is 0 Å². The van der Waals surface area contributed by atoms with Gasteiger partial charge in [0, 0.05) is 11.8 Å². The molecule has 0 atom stereocenters. The highest BCUT2D eigenvalue weighted by Gasteiger charge is 2.08. The minimum absolute atomic E-state index is 0.107. The van der Waals surface area contributed by atoms with Crippen LogP contribution in [0, 0.1) is 6.92 Å². The van der Waals surface area contributed by atoms with Crippen molar-refractivity contribution in [1.29, 1.82) is 0 Å². The van der Waals surface area contributed by atoms with Gasteiger partial charge in [-0.15, -0.1) is 0 Å². The molecule has 104 valence electrons. The van der Waals surface area contributed by atoms with Gasteiger partial charge in [0.15, 0.2) is 6.61 Å². The summed E-state index contributed by atoms with van der Waals surface area (Å²) in [5.74, 6) is 0.667. The van der Waals surface area contributed by atoms with Crippen molar-refractivity contribution in [3.63, 3.8) is 0 Å². The molecule has 0 unspecified atom stereocenters. The van der Waals surface area contributed by atoms with Gasteiger partial charge in [0.1, 0.15) is 11.6 Å². The van der Waals surface area contributed by atoms with Gasteiger partial charge in [-0.05, 0) is 25.1 Å². The molecule has 0 bridgehead atoms. The van der Waals surface area contributed by atoms with Crippen molar-refractivity contribution in [2.75, 3.05) is 11.9 Å². The predicted molar refractivity (Wildman–Crippen MR) is 75.5 cm³/mol. The van der Waals surface area contributed by atoms with Crippen LogP contribution in [-0.2, 0) is 11.4 Å². The number of aromatic nitrogens is 1. The number of aliphatic hydroxyl groups is 1. The molecule has 1 amide bonds. The molecule has 1 heterocycles. The molecule has 0 aliphatic heterocycles. The molecule has 0 saturated heterocycles. The number of carbonyl (C=O) groups is 1. The molecule has 20 heavy (non-hydrogen) atoms. The third-order valence-corrected chi connectivity index (χ3v) is 2.71. The van der Waals surface area contributed by atoms with Crippen molar-refractivity contribution >= 4 is 11.7 Å². The van der Waals surface area contributed by atoms with Crippen LogP contribution in [0.25, 0.3) is 0 Å². The summed E-state index contributed by atoms with van der Waals surface area (Å²) in [7, 11) is 0. The van der Waals surface area contributed by atoms with E-state index >= 15 is 0 Å². The number of nitrogens with one attached hydrogen (secondary N) is 1. The van der Waals surface area contributed by atoms with Crippen LogP contribution in [0.2, 0.25) is 0 Å². The molecule has 0 radical (unpaired) electrons. The molecule has 0 aliphatic rings. The molecule has 2 rings (SSSR count). The van der Waals surface area contributed by atoms with Crippen LogP contribution < -0.4 is 10.1 Å². The van der Waals surface area contributed by atoms with E-state index in [1.54, 1.807) is 18.3 Å². The number of benzene rings is 1. The predicted octanol–water partition coefficient (Wildman–Crippen LogP) is 1.90. The van der Waals surface area contributed by atoms with Crippen molar-refractivity contribution in [2.24, 2.45) is 0 Å². The normalized spacial score (nSPS) is 10.1. The molecular weight excluding hydrogens is 256 g/mol. The van der Waals surface area contributed by atoms with Crippen LogP contribution in [0.1, 0.15) is 11.1 Å². The van der Waals surface area contributed by atoms with E-state index in [9.17, 15) is 4.79 Å². The minimum atomic E-state index is -0.320. The monoisotopic (exact) mass is 272 g/mol. The van der Waals surface area contributed by atoms with Crippen LogP contribution in [0.3, 0.4) is 0 Å². The molecule has 2 aromatic rings. The van der Waals surface area contributed by atoms with Gasteiger partial charge >= 0.3 is 0 Å².